The fourth-order valence-corrected chi connectivity index (χ4v) is 3.08. The molecule has 1 saturated carbocycles. The third-order valence-corrected chi connectivity index (χ3v) is 4.26. The maximum atomic E-state index is 13.2. The zero-order valence-corrected chi connectivity index (χ0v) is 11.3. The topological polar surface area (TPSA) is 15.3 Å². The van der Waals surface area contributed by atoms with Gasteiger partial charge in [-0.05, 0) is 44.4 Å². The molecule has 1 heterocycles. The van der Waals surface area contributed by atoms with Gasteiger partial charge >= 0.3 is 0 Å². The van der Waals surface area contributed by atoms with Gasteiger partial charge in [-0.1, -0.05) is 11.6 Å². The van der Waals surface area contributed by atoms with Crippen LogP contribution in [0.15, 0.2) is 18.2 Å². The molecule has 0 amide bonds. The van der Waals surface area contributed by atoms with Crippen LogP contribution in [-0.2, 0) is 0 Å². The highest BCUT2D eigenvalue weighted by atomic mass is 35.5. The van der Waals surface area contributed by atoms with Crippen molar-refractivity contribution in [2.45, 2.75) is 44.3 Å². The lowest BCUT2D eigenvalue weighted by atomic mass is 10.2. The van der Waals surface area contributed by atoms with Gasteiger partial charge in [-0.2, -0.15) is 0 Å². The van der Waals surface area contributed by atoms with E-state index in [1.807, 2.05) is 0 Å². The quantitative estimate of drug-likeness (QED) is 0.902. The molecule has 4 heteroatoms. The van der Waals surface area contributed by atoms with Crippen LogP contribution in [0.3, 0.4) is 0 Å². The Kier molecular flexibility index (Phi) is 3.20. The number of anilines is 1. The monoisotopic (exact) mass is 268 g/mol. The molecule has 1 aliphatic carbocycles. The van der Waals surface area contributed by atoms with E-state index in [9.17, 15) is 4.39 Å². The standard InChI is InChI=1S/C14H18ClFN2/c1-9-6-11(8-18(9)12-3-4-12)17-14-7-10(16)2-5-13(14)15/h2,5,7,9,11-12,17H,3-4,6,8H2,1H3. The summed E-state index contributed by atoms with van der Waals surface area (Å²) in [7, 11) is 0. The molecule has 1 N–H and O–H groups in total. The largest absolute Gasteiger partial charge is 0.380 e. The summed E-state index contributed by atoms with van der Waals surface area (Å²) < 4.78 is 13.2. The summed E-state index contributed by atoms with van der Waals surface area (Å²) in [6, 6.07) is 6.25. The maximum Gasteiger partial charge on any atom is 0.125 e. The van der Waals surface area contributed by atoms with Crippen LogP contribution in [0.4, 0.5) is 10.1 Å². The molecule has 2 nitrogen and oxygen atoms in total. The van der Waals surface area contributed by atoms with Crippen molar-refractivity contribution in [1.29, 1.82) is 0 Å². The predicted octanol–water partition coefficient (Wildman–Crippen LogP) is 3.52. The lowest BCUT2D eigenvalue weighted by Gasteiger charge is -2.20. The molecule has 1 aliphatic heterocycles. The molecule has 2 atom stereocenters. The number of hydrogen-bond acceptors (Lipinski definition) is 2. The van der Waals surface area contributed by atoms with Crippen molar-refractivity contribution >= 4 is 17.3 Å². The second kappa shape index (κ2) is 4.71. The molecule has 0 aromatic heterocycles. The molecule has 0 bridgehead atoms. The third kappa shape index (κ3) is 2.47. The molecule has 3 rings (SSSR count). The lowest BCUT2D eigenvalue weighted by Crippen LogP contribution is -2.31. The van der Waals surface area contributed by atoms with Crippen molar-refractivity contribution in [1.82, 2.24) is 4.90 Å². The van der Waals surface area contributed by atoms with Gasteiger partial charge in [0.25, 0.3) is 0 Å². The van der Waals surface area contributed by atoms with Crippen molar-refractivity contribution in [3.8, 4) is 0 Å². The van der Waals surface area contributed by atoms with Crippen LogP contribution in [-0.4, -0.2) is 29.6 Å². The first-order chi connectivity index (χ1) is 8.63. The summed E-state index contributed by atoms with van der Waals surface area (Å²) in [5, 5.41) is 3.97. The molecular formula is C14H18ClFN2. The van der Waals surface area contributed by atoms with E-state index in [1.165, 1.54) is 25.0 Å². The summed E-state index contributed by atoms with van der Waals surface area (Å²) in [5.74, 6) is -0.244. The molecule has 0 radical (unpaired) electrons. The van der Waals surface area contributed by atoms with Crippen LogP contribution < -0.4 is 5.32 Å². The Labute approximate surface area is 112 Å². The minimum Gasteiger partial charge on any atom is -0.380 e. The summed E-state index contributed by atoms with van der Waals surface area (Å²) in [4.78, 5) is 2.56. The number of hydrogen-bond donors (Lipinski definition) is 1. The molecule has 18 heavy (non-hydrogen) atoms. The van der Waals surface area contributed by atoms with E-state index < -0.39 is 0 Å². The molecule has 2 aliphatic rings. The minimum absolute atomic E-state index is 0.244. The molecule has 98 valence electrons. The van der Waals surface area contributed by atoms with Gasteiger partial charge in [0.05, 0.1) is 10.7 Å². The molecule has 1 aromatic rings. The fraction of sp³-hybridized carbons (Fsp3) is 0.571. The van der Waals surface area contributed by atoms with Gasteiger partial charge in [0.1, 0.15) is 5.82 Å². The van der Waals surface area contributed by atoms with Gasteiger partial charge in [0, 0.05) is 24.7 Å². The van der Waals surface area contributed by atoms with Gasteiger partial charge in [0.2, 0.25) is 0 Å². The van der Waals surface area contributed by atoms with E-state index in [1.54, 1.807) is 6.07 Å². The SMILES string of the molecule is CC1CC(Nc2cc(F)ccc2Cl)CN1C1CC1. The van der Waals surface area contributed by atoms with Gasteiger partial charge in [-0.25, -0.2) is 4.39 Å². The number of benzene rings is 1. The van der Waals surface area contributed by atoms with E-state index in [2.05, 4.69) is 17.1 Å². The Balaban J connectivity index is 1.68. The van der Waals surface area contributed by atoms with Crippen LogP contribution in [0, 0.1) is 5.82 Å². The van der Waals surface area contributed by atoms with Crippen molar-refractivity contribution in [2.75, 3.05) is 11.9 Å². The fourth-order valence-electron chi connectivity index (χ4n) is 2.90. The van der Waals surface area contributed by atoms with Crippen LogP contribution >= 0.6 is 11.6 Å². The number of nitrogens with zero attached hydrogens (tertiary/aromatic N) is 1. The van der Waals surface area contributed by atoms with Gasteiger partial charge < -0.3 is 5.32 Å². The smallest absolute Gasteiger partial charge is 0.125 e. The Bertz CT molecular complexity index is 447. The summed E-state index contributed by atoms with van der Waals surface area (Å²) in [5.41, 5.74) is 0.714. The normalized spacial score (nSPS) is 28.6. The molecule has 1 aromatic carbocycles. The zero-order valence-electron chi connectivity index (χ0n) is 10.5. The first-order valence-electron chi connectivity index (χ1n) is 6.61. The first kappa shape index (κ1) is 12.2. The summed E-state index contributed by atoms with van der Waals surface area (Å²) >= 11 is 6.08. The lowest BCUT2D eigenvalue weighted by molar-refractivity contribution is 0.257. The summed E-state index contributed by atoms with van der Waals surface area (Å²) in [6.07, 6.45) is 3.76. The van der Waals surface area contributed by atoms with Crippen molar-refractivity contribution in [2.24, 2.45) is 0 Å². The number of nitrogens with one attached hydrogen (secondary N) is 1. The highest BCUT2D eigenvalue weighted by molar-refractivity contribution is 6.33. The van der Waals surface area contributed by atoms with E-state index in [0.717, 1.165) is 19.0 Å². The van der Waals surface area contributed by atoms with Crippen LogP contribution in [0.25, 0.3) is 0 Å². The molecule has 2 unspecified atom stereocenters. The second-order valence-corrected chi connectivity index (χ2v) is 5.89. The van der Waals surface area contributed by atoms with Gasteiger partial charge in [-0.15, -0.1) is 0 Å². The highest BCUT2D eigenvalue weighted by Crippen LogP contribution is 2.34. The Morgan fingerprint density at radius 3 is 2.89 bits per heavy atom. The first-order valence-corrected chi connectivity index (χ1v) is 6.98. The third-order valence-electron chi connectivity index (χ3n) is 3.93. The van der Waals surface area contributed by atoms with Crippen molar-refractivity contribution < 1.29 is 4.39 Å². The van der Waals surface area contributed by atoms with Crippen molar-refractivity contribution in [3.63, 3.8) is 0 Å². The van der Waals surface area contributed by atoms with E-state index in [4.69, 9.17) is 11.6 Å². The Morgan fingerprint density at radius 1 is 1.39 bits per heavy atom. The molecule has 2 fully saturated rings. The Morgan fingerprint density at radius 2 is 2.17 bits per heavy atom. The van der Waals surface area contributed by atoms with Crippen LogP contribution in [0.5, 0.6) is 0 Å². The molecule has 0 spiro atoms. The van der Waals surface area contributed by atoms with Gasteiger partial charge in [-0.3, -0.25) is 4.90 Å². The highest BCUT2D eigenvalue weighted by Gasteiger charge is 2.38. The van der Waals surface area contributed by atoms with E-state index in [-0.39, 0.29) is 5.82 Å². The summed E-state index contributed by atoms with van der Waals surface area (Å²) in [6.45, 7) is 3.31. The van der Waals surface area contributed by atoms with E-state index >= 15 is 0 Å². The van der Waals surface area contributed by atoms with Crippen LogP contribution in [0.1, 0.15) is 26.2 Å². The Hall–Kier alpha value is -0.800. The zero-order chi connectivity index (χ0) is 12.7. The van der Waals surface area contributed by atoms with Crippen molar-refractivity contribution in [3.05, 3.63) is 29.0 Å². The van der Waals surface area contributed by atoms with Gasteiger partial charge in [0.15, 0.2) is 0 Å². The molecule has 1 saturated heterocycles. The number of rotatable bonds is 3. The average Bonchev–Trinajstić information content (AvgIpc) is 3.09. The van der Waals surface area contributed by atoms with E-state index in [0.29, 0.717) is 22.8 Å². The number of likely N-dealkylation sites (tertiary alicyclic amines) is 1. The number of halogens is 2. The van der Waals surface area contributed by atoms with Crippen LogP contribution in [0.2, 0.25) is 5.02 Å². The molecular weight excluding hydrogens is 251 g/mol. The maximum absolute atomic E-state index is 13.2. The minimum atomic E-state index is -0.244. The average molecular weight is 269 g/mol. The predicted molar refractivity (Wildman–Crippen MR) is 72.6 cm³/mol. The second-order valence-electron chi connectivity index (χ2n) is 5.48.